The van der Waals surface area contributed by atoms with Gasteiger partial charge in [0.05, 0.1) is 13.2 Å². The molecule has 0 heterocycles. The molecule has 12 heteroatoms. The van der Waals surface area contributed by atoms with Gasteiger partial charge < -0.3 is 9.47 Å². The van der Waals surface area contributed by atoms with Gasteiger partial charge >= 0.3 is 59.1 Å². The van der Waals surface area contributed by atoms with E-state index < -0.39 is 20.2 Å². The van der Waals surface area contributed by atoms with Gasteiger partial charge in [-0.25, -0.2) is 0 Å². The van der Waals surface area contributed by atoms with Crippen molar-refractivity contribution in [3.63, 3.8) is 0 Å². The van der Waals surface area contributed by atoms with Crippen LogP contribution in [0.4, 0.5) is 0 Å². The van der Waals surface area contributed by atoms with Crippen molar-refractivity contribution in [1.29, 1.82) is 0 Å². The van der Waals surface area contributed by atoms with Gasteiger partial charge in [0.1, 0.15) is 21.3 Å². The van der Waals surface area contributed by atoms with Gasteiger partial charge in [-0.1, -0.05) is 74.2 Å². The van der Waals surface area contributed by atoms with E-state index in [1.54, 1.807) is 60.7 Å². The van der Waals surface area contributed by atoms with Gasteiger partial charge in [-0.15, -0.1) is 0 Å². The number of benzene rings is 4. The fourth-order valence-electron chi connectivity index (χ4n) is 4.46. The summed E-state index contributed by atoms with van der Waals surface area (Å²) in [5.41, 5.74) is 0. The van der Waals surface area contributed by atoms with Crippen LogP contribution >= 0.6 is 0 Å². The Bertz CT molecular complexity index is 1520. The molecule has 0 saturated carbocycles. The van der Waals surface area contributed by atoms with Crippen molar-refractivity contribution in [2.24, 2.45) is 0 Å². The average molecular weight is 607 g/mol. The van der Waals surface area contributed by atoms with E-state index in [1.165, 1.54) is 12.1 Å². The van der Waals surface area contributed by atoms with Gasteiger partial charge in [-0.2, -0.15) is 16.8 Å². The maximum absolute atomic E-state index is 11.6. The Morgan fingerprint density at radius 3 is 1.15 bits per heavy atom. The second-order valence-electron chi connectivity index (χ2n) is 8.98. The van der Waals surface area contributed by atoms with E-state index >= 15 is 0 Å². The van der Waals surface area contributed by atoms with Crippen molar-refractivity contribution in [2.75, 3.05) is 13.2 Å². The first-order chi connectivity index (χ1) is 18.2. The monoisotopic (exact) mass is 606 g/mol. The van der Waals surface area contributed by atoms with Crippen LogP contribution in [-0.2, 0) is 20.2 Å². The zero-order chi connectivity index (χ0) is 27.2. The van der Waals surface area contributed by atoms with Gasteiger partial charge in [0.2, 0.25) is 0 Å². The Hall–Kier alpha value is -1.18. The van der Waals surface area contributed by atoms with Crippen molar-refractivity contribution in [2.45, 2.75) is 48.3 Å². The first-order valence-corrected chi connectivity index (χ1v) is 15.3. The molecule has 8 nitrogen and oxygen atoms in total. The third-order valence-electron chi connectivity index (χ3n) is 6.30. The fourth-order valence-corrected chi connectivity index (χ4v) is 5.86. The molecule has 4 aromatic rings. The van der Waals surface area contributed by atoms with E-state index in [2.05, 4.69) is 0 Å². The van der Waals surface area contributed by atoms with Gasteiger partial charge in [0.25, 0.3) is 20.2 Å². The Kier molecular flexibility index (Phi) is 13.9. The number of ether oxygens (including phenoxy) is 2. The first kappa shape index (κ1) is 35.0. The molecule has 0 aliphatic heterocycles. The van der Waals surface area contributed by atoms with Gasteiger partial charge in [-0.05, 0) is 37.1 Å². The third kappa shape index (κ3) is 9.16. The first-order valence-electron chi connectivity index (χ1n) is 12.4. The summed E-state index contributed by atoms with van der Waals surface area (Å²) in [4.78, 5) is -0.263. The number of rotatable bonds is 13. The number of hydrogen-bond donors (Lipinski definition) is 2. The SMILES string of the molecule is O=S(=O)(O)c1ccc(OCCCCCCCCOc2ccc(S(=O)(=O)O)c3ccccc23)c2ccccc12.[NaH].[NaH]. The van der Waals surface area contributed by atoms with E-state index in [0.29, 0.717) is 46.3 Å². The number of unbranched alkanes of at least 4 members (excludes halogenated alkanes) is 5. The normalized spacial score (nSPS) is 11.6. The van der Waals surface area contributed by atoms with E-state index in [0.717, 1.165) is 38.5 Å². The Balaban J connectivity index is 0.00000280. The molecule has 0 fully saturated rings. The number of hydrogen-bond acceptors (Lipinski definition) is 6. The summed E-state index contributed by atoms with van der Waals surface area (Å²) >= 11 is 0. The number of fused-ring (bicyclic) bond motifs is 2. The van der Waals surface area contributed by atoms with E-state index in [9.17, 15) is 25.9 Å². The Labute approximate surface area is 279 Å². The molecule has 206 valence electrons. The van der Waals surface area contributed by atoms with Crippen LogP contribution in [0.1, 0.15) is 38.5 Å². The van der Waals surface area contributed by atoms with Gasteiger partial charge in [0.15, 0.2) is 0 Å². The summed E-state index contributed by atoms with van der Waals surface area (Å²) in [6.45, 7) is 1.01. The zero-order valence-corrected chi connectivity index (χ0v) is 22.4. The molecule has 0 amide bonds. The molecule has 0 radical (unpaired) electrons. The van der Waals surface area contributed by atoms with Crippen molar-refractivity contribution in [3.05, 3.63) is 72.8 Å². The minimum absolute atomic E-state index is 0. The maximum atomic E-state index is 11.6. The van der Waals surface area contributed by atoms with Crippen molar-refractivity contribution < 1.29 is 35.4 Å². The molecule has 0 unspecified atom stereocenters. The summed E-state index contributed by atoms with van der Waals surface area (Å²) in [7, 11) is -8.63. The van der Waals surface area contributed by atoms with Crippen LogP contribution in [0.5, 0.6) is 11.5 Å². The van der Waals surface area contributed by atoms with Crippen LogP contribution in [0.15, 0.2) is 82.6 Å². The predicted molar refractivity (Wildman–Crippen MR) is 161 cm³/mol. The second-order valence-corrected chi connectivity index (χ2v) is 11.8. The molecule has 2 N–H and O–H groups in total. The molecule has 0 atom stereocenters. The van der Waals surface area contributed by atoms with E-state index in [4.69, 9.17) is 9.47 Å². The summed E-state index contributed by atoms with van der Waals surface area (Å²) < 4.78 is 77.2. The summed E-state index contributed by atoms with van der Waals surface area (Å²) in [5, 5.41) is 2.14. The Morgan fingerprint density at radius 2 is 0.800 bits per heavy atom. The topological polar surface area (TPSA) is 127 Å². The molecular formula is C28H32Na2O8S2. The van der Waals surface area contributed by atoms with Crippen LogP contribution < -0.4 is 9.47 Å². The van der Waals surface area contributed by atoms with Crippen LogP contribution in [0, 0.1) is 0 Å². The molecule has 0 aliphatic rings. The van der Waals surface area contributed by atoms with Crippen molar-refractivity contribution in [1.82, 2.24) is 0 Å². The quantitative estimate of drug-likeness (QED) is 0.124. The fraction of sp³-hybridized carbons (Fsp3) is 0.286. The van der Waals surface area contributed by atoms with Gasteiger partial charge in [-0.3, -0.25) is 9.11 Å². The molecule has 0 aromatic heterocycles. The standard InChI is InChI=1S/C28H30O8S2.2Na.2H/c29-37(30,31)27-17-15-25(21-11-5-7-13-23(21)27)35-19-9-3-1-2-4-10-20-36-26-16-18-28(38(32,33)34)24-14-8-6-12-22(24)26;;;;/h5-8,11-18H,1-4,9-10,19-20H2,(H,29,30,31)(H,32,33,34);;;;. The summed E-state index contributed by atoms with van der Waals surface area (Å²) in [6.07, 6.45) is 5.77. The zero-order valence-electron chi connectivity index (χ0n) is 20.7. The molecule has 0 aliphatic carbocycles. The third-order valence-corrected chi connectivity index (χ3v) is 8.12. The molecular weight excluding hydrogens is 574 g/mol. The van der Waals surface area contributed by atoms with E-state index in [1.807, 2.05) is 0 Å². The van der Waals surface area contributed by atoms with Crippen LogP contribution in [0.3, 0.4) is 0 Å². The Morgan fingerprint density at radius 1 is 0.475 bits per heavy atom. The second kappa shape index (κ2) is 15.9. The molecule has 4 aromatic carbocycles. The summed E-state index contributed by atoms with van der Waals surface area (Å²) in [5.74, 6) is 1.17. The van der Waals surface area contributed by atoms with Crippen LogP contribution in [-0.4, -0.2) is 98.3 Å². The van der Waals surface area contributed by atoms with Crippen molar-refractivity contribution >= 4 is 101 Å². The predicted octanol–water partition coefficient (Wildman–Crippen LogP) is 4.99. The molecule has 0 spiro atoms. The summed E-state index contributed by atoms with van der Waals surface area (Å²) in [6, 6.07) is 19.7. The van der Waals surface area contributed by atoms with E-state index in [-0.39, 0.29) is 68.9 Å². The van der Waals surface area contributed by atoms with Gasteiger partial charge in [0, 0.05) is 21.5 Å². The molecule has 0 saturated heterocycles. The molecule has 4 rings (SSSR count). The van der Waals surface area contributed by atoms with Crippen molar-refractivity contribution in [3.8, 4) is 11.5 Å². The van der Waals surface area contributed by atoms with Crippen LogP contribution in [0.2, 0.25) is 0 Å². The molecule has 0 bridgehead atoms. The average Bonchev–Trinajstić information content (AvgIpc) is 2.88. The molecule has 40 heavy (non-hydrogen) atoms. The minimum atomic E-state index is -4.32. The van der Waals surface area contributed by atoms with Crippen LogP contribution in [0.25, 0.3) is 21.5 Å².